The van der Waals surface area contributed by atoms with Crippen LogP contribution in [0.2, 0.25) is 0 Å². The molecular weight excluding hydrogens is 318 g/mol. The molecule has 0 aromatic heterocycles. The average Bonchev–Trinajstić information content (AvgIpc) is 2.57. The van der Waals surface area contributed by atoms with Gasteiger partial charge in [0.05, 0.1) is 5.69 Å². The molecule has 0 unspecified atom stereocenters. The standard InChI is InChI=1S/C20H23NO4/c1-19(2)17(11-12-20(3,13-22)25-19)24-18(23)21-16-10-6-8-14-7-4-5-9-15(14)16/h4-10,13,17H,11-12H2,1-3H3,(H,21,23)/t17-,20-/m0/s1. The molecule has 3 rings (SSSR count). The van der Waals surface area contributed by atoms with Crippen LogP contribution < -0.4 is 5.32 Å². The van der Waals surface area contributed by atoms with Gasteiger partial charge < -0.3 is 14.3 Å². The molecule has 132 valence electrons. The fraction of sp³-hybridized carbons (Fsp3) is 0.400. The Morgan fingerprint density at radius 3 is 2.64 bits per heavy atom. The molecule has 1 aliphatic heterocycles. The lowest BCUT2D eigenvalue weighted by Gasteiger charge is -2.44. The Labute approximate surface area is 147 Å². The van der Waals surface area contributed by atoms with Crippen LogP contribution in [-0.2, 0) is 14.3 Å². The van der Waals surface area contributed by atoms with Crippen molar-refractivity contribution in [1.29, 1.82) is 0 Å². The summed E-state index contributed by atoms with van der Waals surface area (Å²) in [6, 6.07) is 13.5. The van der Waals surface area contributed by atoms with Crippen molar-refractivity contribution in [3.63, 3.8) is 0 Å². The molecule has 1 fully saturated rings. The summed E-state index contributed by atoms with van der Waals surface area (Å²) in [6.45, 7) is 5.43. The second kappa shape index (κ2) is 6.48. The van der Waals surface area contributed by atoms with Gasteiger partial charge in [0.1, 0.15) is 17.3 Å². The zero-order chi connectivity index (χ0) is 18.1. The van der Waals surface area contributed by atoms with E-state index in [0.717, 1.165) is 17.1 Å². The van der Waals surface area contributed by atoms with Crippen LogP contribution in [-0.4, -0.2) is 29.7 Å². The Kier molecular flexibility index (Phi) is 4.52. The van der Waals surface area contributed by atoms with Gasteiger partial charge >= 0.3 is 6.09 Å². The highest BCUT2D eigenvalue weighted by Gasteiger charge is 2.45. The van der Waals surface area contributed by atoms with Gasteiger partial charge in [0, 0.05) is 5.39 Å². The van der Waals surface area contributed by atoms with E-state index >= 15 is 0 Å². The molecule has 5 nitrogen and oxygen atoms in total. The van der Waals surface area contributed by atoms with Gasteiger partial charge in [-0.3, -0.25) is 5.32 Å². The van der Waals surface area contributed by atoms with E-state index in [-0.39, 0.29) is 0 Å². The smallest absolute Gasteiger partial charge is 0.412 e. The minimum absolute atomic E-state index is 0.421. The summed E-state index contributed by atoms with van der Waals surface area (Å²) in [5, 5.41) is 4.82. The van der Waals surface area contributed by atoms with Crippen LogP contribution in [0, 0.1) is 0 Å². The van der Waals surface area contributed by atoms with Crippen LogP contribution >= 0.6 is 0 Å². The van der Waals surface area contributed by atoms with Gasteiger partial charge in [-0.2, -0.15) is 0 Å². The minimum Gasteiger partial charge on any atom is -0.443 e. The molecule has 0 saturated carbocycles. The number of amides is 1. The molecule has 1 N–H and O–H groups in total. The van der Waals surface area contributed by atoms with Crippen molar-refractivity contribution in [3.05, 3.63) is 42.5 Å². The number of aldehydes is 1. The number of hydrogen-bond donors (Lipinski definition) is 1. The van der Waals surface area contributed by atoms with E-state index < -0.39 is 23.4 Å². The van der Waals surface area contributed by atoms with Gasteiger partial charge in [0.15, 0.2) is 6.29 Å². The predicted octanol–water partition coefficient (Wildman–Crippen LogP) is 4.30. The Balaban J connectivity index is 1.71. The third kappa shape index (κ3) is 3.66. The van der Waals surface area contributed by atoms with Crippen molar-refractivity contribution in [2.75, 3.05) is 5.32 Å². The summed E-state index contributed by atoms with van der Waals surface area (Å²) >= 11 is 0. The third-order valence-electron chi connectivity index (χ3n) is 4.70. The summed E-state index contributed by atoms with van der Waals surface area (Å²) in [7, 11) is 0. The highest BCUT2D eigenvalue weighted by Crippen LogP contribution is 2.36. The molecule has 1 aliphatic rings. The van der Waals surface area contributed by atoms with Crippen molar-refractivity contribution in [2.24, 2.45) is 0 Å². The van der Waals surface area contributed by atoms with Crippen LogP contribution in [0.4, 0.5) is 10.5 Å². The topological polar surface area (TPSA) is 64.6 Å². The van der Waals surface area contributed by atoms with E-state index in [9.17, 15) is 9.59 Å². The number of carbonyl (C=O) groups excluding carboxylic acids is 2. The molecule has 0 spiro atoms. The van der Waals surface area contributed by atoms with Crippen LogP contribution in [0.5, 0.6) is 0 Å². The summed E-state index contributed by atoms with van der Waals surface area (Å²) in [5.74, 6) is 0. The first-order valence-corrected chi connectivity index (χ1v) is 8.45. The molecule has 25 heavy (non-hydrogen) atoms. The first-order valence-electron chi connectivity index (χ1n) is 8.45. The lowest BCUT2D eigenvalue weighted by Crippen LogP contribution is -2.54. The monoisotopic (exact) mass is 341 g/mol. The van der Waals surface area contributed by atoms with Crippen molar-refractivity contribution in [1.82, 2.24) is 0 Å². The van der Waals surface area contributed by atoms with Gasteiger partial charge in [-0.15, -0.1) is 0 Å². The molecule has 2 atom stereocenters. The van der Waals surface area contributed by atoms with E-state index in [1.807, 2.05) is 56.3 Å². The SMILES string of the molecule is CC1(C)O[C@](C)(C=O)CC[C@@H]1OC(=O)Nc1cccc2ccccc12. The quantitative estimate of drug-likeness (QED) is 0.845. The van der Waals surface area contributed by atoms with Crippen molar-refractivity contribution in [2.45, 2.75) is 50.9 Å². The molecule has 1 amide bonds. The summed E-state index contributed by atoms with van der Waals surface area (Å²) < 4.78 is 11.5. The number of fused-ring (bicyclic) bond motifs is 1. The van der Waals surface area contributed by atoms with Crippen LogP contribution in [0.15, 0.2) is 42.5 Å². The molecule has 0 aliphatic carbocycles. The molecule has 0 radical (unpaired) electrons. The molecule has 1 saturated heterocycles. The fourth-order valence-electron chi connectivity index (χ4n) is 3.37. The molecule has 5 heteroatoms. The molecule has 1 heterocycles. The third-order valence-corrected chi connectivity index (χ3v) is 4.70. The maximum atomic E-state index is 12.4. The van der Waals surface area contributed by atoms with Gasteiger partial charge in [-0.25, -0.2) is 4.79 Å². The zero-order valence-electron chi connectivity index (χ0n) is 14.7. The van der Waals surface area contributed by atoms with Crippen molar-refractivity contribution < 1.29 is 19.1 Å². The van der Waals surface area contributed by atoms with Crippen LogP contribution in [0.1, 0.15) is 33.6 Å². The van der Waals surface area contributed by atoms with Crippen LogP contribution in [0.3, 0.4) is 0 Å². The van der Waals surface area contributed by atoms with E-state index in [2.05, 4.69) is 5.32 Å². The number of benzene rings is 2. The number of rotatable bonds is 3. The molecule has 2 aromatic carbocycles. The Hall–Kier alpha value is -2.40. The summed E-state index contributed by atoms with van der Waals surface area (Å²) in [6.07, 6.45) is 0.974. The number of hydrogen-bond acceptors (Lipinski definition) is 4. The zero-order valence-corrected chi connectivity index (χ0v) is 14.7. The normalized spacial score (nSPS) is 25.3. The lowest BCUT2D eigenvalue weighted by atomic mass is 9.86. The number of ether oxygens (including phenoxy) is 2. The maximum Gasteiger partial charge on any atom is 0.412 e. The summed E-state index contributed by atoms with van der Waals surface area (Å²) in [4.78, 5) is 23.6. The molecule has 2 aromatic rings. The fourth-order valence-corrected chi connectivity index (χ4v) is 3.37. The largest absolute Gasteiger partial charge is 0.443 e. The van der Waals surface area contributed by atoms with E-state index in [4.69, 9.17) is 9.47 Å². The van der Waals surface area contributed by atoms with E-state index in [1.165, 1.54) is 0 Å². The molecular formula is C20H23NO4. The van der Waals surface area contributed by atoms with Gasteiger partial charge in [-0.05, 0) is 45.1 Å². The lowest BCUT2D eigenvalue weighted by molar-refractivity contribution is -0.204. The van der Waals surface area contributed by atoms with Crippen molar-refractivity contribution in [3.8, 4) is 0 Å². The minimum atomic E-state index is -0.824. The first kappa shape index (κ1) is 17.4. The highest BCUT2D eigenvalue weighted by atomic mass is 16.6. The Bertz CT molecular complexity index is 796. The van der Waals surface area contributed by atoms with Gasteiger partial charge in [0.25, 0.3) is 0 Å². The maximum absolute atomic E-state index is 12.4. The highest BCUT2D eigenvalue weighted by molar-refractivity contribution is 6.00. The number of carbonyl (C=O) groups is 2. The molecule has 0 bridgehead atoms. The first-order chi connectivity index (χ1) is 11.8. The second-order valence-corrected chi connectivity index (χ2v) is 7.22. The second-order valence-electron chi connectivity index (χ2n) is 7.22. The Morgan fingerprint density at radius 2 is 1.92 bits per heavy atom. The van der Waals surface area contributed by atoms with E-state index in [1.54, 1.807) is 6.92 Å². The predicted molar refractivity (Wildman–Crippen MR) is 96.7 cm³/mol. The number of nitrogens with one attached hydrogen (secondary N) is 1. The Morgan fingerprint density at radius 1 is 1.20 bits per heavy atom. The van der Waals surface area contributed by atoms with Gasteiger partial charge in [0.2, 0.25) is 0 Å². The van der Waals surface area contributed by atoms with Crippen molar-refractivity contribution >= 4 is 28.8 Å². The van der Waals surface area contributed by atoms with E-state index in [0.29, 0.717) is 18.5 Å². The number of anilines is 1. The van der Waals surface area contributed by atoms with Crippen LogP contribution in [0.25, 0.3) is 10.8 Å². The average molecular weight is 341 g/mol. The summed E-state index contributed by atoms with van der Waals surface area (Å²) in [5.41, 5.74) is -0.852. The van der Waals surface area contributed by atoms with Gasteiger partial charge in [-0.1, -0.05) is 36.4 Å².